The molecule has 1 N–H and O–H groups in total. The lowest BCUT2D eigenvalue weighted by molar-refractivity contribution is 0.0719. The highest BCUT2D eigenvalue weighted by atomic mass is 32.2. The summed E-state index contributed by atoms with van der Waals surface area (Å²) in [6.07, 6.45) is 3.15. The van der Waals surface area contributed by atoms with E-state index >= 15 is 0 Å². The molecule has 4 rings (SSSR count). The molecule has 1 saturated heterocycles. The zero-order chi connectivity index (χ0) is 24.4. The number of hydrogen-bond acceptors (Lipinski definition) is 6. The molecule has 4 heterocycles. The van der Waals surface area contributed by atoms with E-state index in [4.69, 9.17) is 9.60 Å². The molecule has 0 spiro atoms. The summed E-state index contributed by atoms with van der Waals surface area (Å²) in [5, 5.41) is 14.3. The van der Waals surface area contributed by atoms with E-state index in [1.807, 2.05) is 0 Å². The molecule has 0 amide bonds. The second-order valence-corrected chi connectivity index (χ2v) is 7.45. The van der Waals surface area contributed by atoms with Crippen LogP contribution >= 0.6 is 0 Å². The van der Waals surface area contributed by atoms with Crippen molar-refractivity contribution in [1.82, 2.24) is 29.0 Å². The van der Waals surface area contributed by atoms with Gasteiger partial charge < -0.3 is 4.98 Å². The summed E-state index contributed by atoms with van der Waals surface area (Å²) in [6.45, 7) is -4.84. The standard InChI is InChI=1S/C16H17N7O2S/c1-2-26(24,25)22-9-16(10-22,4-5-17)23-8-12(7-21-23)14-13-3-6-18-15(13)20-11-19-14/h3,6-8,11H,2,4,9-10H2,1H3,(H,18,19,20)/i1D3,2D2,4D2. The highest BCUT2D eigenvalue weighted by Gasteiger charge is 2.49. The second kappa shape index (κ2) is 5.89. The maximum atomic E-state index is 12.7. The predicted molar refractivity (Wildman–Crippen MR) is 94.3 cm³/mol. The van der Waals surface area contributed by atoms with Crippen LogP contribution in [0.4, 0.5) is 0 Å². The average Bonchev–Trinajstić information content (AvgIpc) is 3.35. The van der Waals surface area contributed by atoms with Gasteiger partial charge in [0.1, 0.15) is 17.5 Å². The molecule has 0 aromatic carbocycles. The Morgan fingerprint density at radius 1 is 1.50 bits per heavy atom. The first-order valence-corrected chi connectivity index (χ1v) is 8.86. The molecule has 9 nitrogen and oxygen atoms in total. The Balaban J connectivity index is 1.74. The molecule has 0 radical (unpaired) electrons. The second-order valence-electron chi connectivity index (χ2n) is 5.78. The summed E-state index contributed by atoms with van der Waals surface area (Å²) in [5.74, 6) is 0. The molecule has 0 atom stereocenters. The minimum Gasteiger partial charge on any atom is -0.346 e. The Bertz CT molecular complexity index is 1370. The molecule has 1 fully saturated rings. The quantitative estimate of drug-likeness (QED) is 0.709. The van der Waals surface area contributed by atoms with Gasteiger partial charge in [0.05, 0.1) is 30.0 Å². The van der Waals surface area contributed by atoms with E-state index in [1.54, 1.807) is 12.3 Å². The Kier molecular flexibility index (Phi) is 2.36. The van der Waals surface area contributed by atoms with Crippen molar-refractivity contribution in [3.63, 3.8) is 0 Å². The Hall–Kier alpha value is -2.77. The molecule has 3 aromatic heterocycles. The molecule has 1 aliphatic heterocycles. The van der Waals surface area contributed by atoms with Crippen molar-refractivity contribution >= 4 is 21.1 Å². The number of fused-ring (bicyclic) bond motifs is 1. The SMILES string of the molecule is [2H]C([2H])([2H])C([2H])([2H])S(=O)(=O)N1CC(n2cc(-c3ncnc4[nH]ccc34)cn2)(C([2H])([2H])C#N)C1. The van der Waals surface area contributed by atoms with Crippen LogP contribution in [0.5, 0.6) is 0 Å². The van der Waals surface area contributed by atoms with Crippen LogP contribution in [0, 0.1) is 11.3 Å². The topological polar surface area (TPSA) is 121 Å². The van der Waals surface area contributed by atoms with Crippen molar-refractivity contribution in [3.05, 3.63) is 31.0 Å². The van der Waals surface area contributed by atoms with Crippen LogP contribution in [0.15, 0.2) is 31.0 Å². The van der Waals surface area contributed by atoms with Gasteiger partial charge in [-0.3, -0.25) is 4.68 Å². The minimum absolute atomic E-state index is 0.453. The Morgan fingerprint density at radius 2 is 2.35 bits per heavy atom. The van der Waals surface area contributed by atoms with E-state index in [1.165, 1.54) is 24.8 Å². The van der Waals surface area contributed by atoms with E-state index in [0.717, 1.165) is 4.68 Å². The van der Waals surface area contributed by atoms with Crippen LogP contribution in [-0.4, -0.2) is 56.2 Å². The van der Waals surface area contributed by atoms with Gasteiger partial charge in [0.2, 0.25) is 10.0 Å². The van der Waals surface area contributed by atoms with Gasteiger partial charge in [0.15, 0.2) is 0 Å². The molecule has 0 bridgehead atoms. The van der Waals surface area contributed by atoms with Crippen molar-refractivity contribution in [2.75, 3.05) is 18.8 Å². The van der Waals surface area contributed by atoms with Gasteiger partial charge in [0, 0.05) is 46.0 Å². The van der Waals surface area contributed by atoms with E-state index in [2.05, 4.69) is 20.1 Å². The lowest BCUT2D eigenvalue weighted by Gasteiger charge is -2.47. The normalized spacial score (nSPS) is 22.7. The van der Waals surface area contributed by atoms with Crippen LogP contribution in [0.2, 0.25) is 0 Å². The summed E-state index contributed by atoms with van der Waals surface area (Å²) in [4.78, 5) is 11.2. The largest absolute Gasteiger partial charge is 0.346 e. The van der Waals surface area contributed by atoms with Crippen LogP contribution in [0.3, 0.4) is 0 Å². The van der Waals surface area contributed by atoms with Crippen LogP contribution in [0.1, 0.15) is 22.8 Å². The van der Waals surface area contributed by atoms with Gasteiger partial charge in [0.25, 0.3) is 0 Å². The smallest absolute Gasteiger partial charge is 0.213 e. The summed E-state index contributed by atoms with van der Waals surface area (Å²) < 4.78 is 80.4. The molecule has 1 aliphatic rings. The number of sulfonamides is 1. The van der Waals surface area contributed by atoms with Gasteiger partial charge in [-0.05, 0) is 12.9 Å². The lowest BCUT2D eigenvalue weighted by Crippen LogP contribution is -2.64. The third-order valence-electron chi connectivity index (χ3n) is 4.28. The zero-order valence-electron chi connectivity index (χ0n) is 20.2. The monoisotopic (exact) mass is 378 g/mol. The van der Waals surface area contributed by atoms with Crippen LogP contribution in [-0.2, 0) is 15.6 Å². The molecular formula is C16H17N7O2S. The third kappa shape index (κ3) is 2.48. The molecular weight excluding hydrogens is 354 g/mol. The van der Waals surface area contributed by atoms with E-state index < -0.39 is 47.6 Å². The lowest BCUT2D eigenvalue weighted by atomic mass is 9.89. The molecule has 0 unspecified atom stereocenters. The van der Waals surface area contributed by atoms with Crippen molar-refractivity contribution in [1.29, 1.82) is 5.26 Å². The fourth-order valence-electron chi connectivity index (χ4n) is 2.94. The van der Waals surface area contributed by atoms with Crippen LogP contribution < -0.4 is 0 Å². The predicted octanol–water partition coefficient (Wildman–Crippen LogP) is 1.10. The van der Waals surface area contributed by atoms with Gasteiger partial charge in [-0.2, -0.15) is 14.7 Å². The number of aromatic nitrogens is 5. The number of aromatic amines is 1. The number of nitriles is 1. The van der Waals surface area contributed by atoms with Crippen molar-refractivity contribution in [3.8, 4) is 17.3 Å². The van der Waals surface area contributed by atoms with Crippen molar-refractivity contribution < 1.29 is 18.0 Å². The molecule has 134 valence electrons. The molecule has 10 heteroatoms. The average molecular weight is 378 g/mol. The first kappa shape index (κ1) is 10.4. The van der Waals surface area contributed by atoms with Gasteiger partial charge in [-0.15, -0.1) is 0 Å². The molecule has 0 saturated carbocycles. The molecule has 3 aromatic rings. The summed E-state index contributed by atoms with van der Waals surface area (Å²) in [5.41, 5.74) is -3.93. The highest BCUT2D eigenvalue weighted by Crippen LogP contribution is 2.35. The first-order chi connectivity index (χ1) is 15.2. The number of rotatable bonds is 5. The van der Waals surface area contributed by atoms with Crippen molar-refractivity contribution in [2.24, 2.45) is 0 Å². The summed E-state index contributed by atoms with van der Waals surface area (Å²) in [7, 11) is -5.01. The number of H-pyrrole nitrogens is 1. The summed E-state index contributed by atoms with van der Waals surface area (Å²) in [6, 6.07) is 3.25. The molecule has 26 heavy (non-hydrogen) atoms. The number of nitrogens with zero attached hydrogens (tertiary/aromatic N) is 6. The van der Waals surface area contributed by atoms with Crippen molar-refractivity contribution in [2.45, 2.75) is 18.8 Å². The Morgan fingerprint density at radius 3 is 3.12 bits per heavy atom. The maximum Gasteiger partial charge on any atom is 0.213 e. The fourth-order valence-corrected chi connectivity index (χ4v) is 3.83. The Labute approximate surface area is 160 Å². The van der Waals surface area contributed by atoms with E-state index in [-0.39, 0.29) is 0 Å². The first-order valence-electron chi connectivity index (χ1n) is 10.9. The van der Waals surface area contributed by atoms with E-state index in [0.29, 0.717) is 26.6 Å². The molecule has 0 aliphatic carbocycles. The minimum atomic E-state index is -5.01. The van der Waals surface area contributed by atoms with Gasteiger partial charge in [-0.25, -0.2) is 18.4 Å². The van der Waals surface area contributed by atoms with Crippen LogP contribution in [0.25, 0.3) is 22.3 Å². The fraction of sp³-hybridized carbons (Fsp3) is 0.375. The van der Waals surface area contributed by atoms with Gasteiger partial charge >= 0.3 is 0 Å². The highest BCUT2D eigenvalue weighted by molar-refractivity contribution is 7.89. The third-order valence-corrected chi connectivity index (χ3v) is 5.48. The number of nitrogens with one attached hydrogen (secondary N) is 1. The van der Waals surface area contributed by atoms with E-state index in [9.17, 15) is 13.7 Å². The summed E-state index contributed by atoms with van der Waals surface area (Å²) >= 11 is 0. The van der Waals surface area contributed by atoms with Gasteiger partial charge in [-0.1, -0.05) is 0 Å². The number of hydrogen-bond donors (Lipinski definition) is 1. The maximum absolute atomic E-state index is 12.7. The zero-order valence-corrected chi connectivity index (χ0v) is 14.0.